The summed E-state index contributed by atoms with van der Waals surface area (Å²) in [5, 5.41) is -0.00240. The summed E-state index contributed by atoms with van der Waals surface area (Å²) < 4.78 is 0. The summed E-state index contributed by atoms with van der Waals surface area (Å²) in [6.45, 7) is 6.64. The Morgan fingerprint density at radius 2 is 1.86 bits per heavy atom. The second kappa shape index (κ2) is 4.13. The van der Waals surface area contributed by atoms with Crippen molar-refractivity contribution in [2.45, 2.75) is 44.9 Å². The average Bonchev–Trinajstić information content (AvgIpc) is 3.02. The van der Waals surface area contributed by atoms with Crippen LogP contribution in [0, 0.1) is 28.6 Å². The smallest absolute Gasteiger partial charge is 0.144 e. The molecule has 0 heterocycles. The van der Waals surface area contributed by atoms with Gasteiger partial charge in [0.2, 0.25) is 0 Å². The summed E-state index contributed by atoms with van der Waals surface area (Å²) in [4.78, 5) is 13.2. The Balaban J connectivity index is 1.82. The number of halogens is 1. The van der Waals surface area contributed by atoms with Crippen molar-refractivity contribution in [3.8, 4) is 0 Å². The zero-order valence-corrected chi connectivity index (χ0v) is 13.7. The number of alkyl halides is 1. The van der Waals surface area contributed by atoms with Gasteiger partial charge in [0.15, 0.2) is 0 Å². The molecule has 3 aliphatic rings. The maximum atomic E-state index is 13.2. The summed E-state index contributed by atoms with van der Waals surface area (Å²) in [5.74, 6) is 1.96. The molecule has 0 radical (unpaired) electrons. The van der Waals surface area contributed by atoms with Gasteiger partial charge >= 0.3 is 0 Å². The molecule has 1 aromatic carbocycles. The normalized spacial score (nSPS) is 46.9. The van der Waals surface area contributed by atoms with Crippen LogP contribution in [0.4, 0.5) is 0 Å². The number of carbonyl (C=O) groups is 1. The molecule has 3 aliphatic carbocycles. The number of hydrogen-bond acceptors (Lipinski definition) is 1. The van der Waals surface area contributed by atoms with Gasteiger partial charge in [0.25, 0.3) is 0 Å². The van der Waals surface area contributed by atoms with Gasteiger partial charge in [-0.05, 0) is 41.6 Å². The van der Waals surface area contributed by atoms with E-state index in [1.165, 1.54) is 12.0 Å². The van der Waals surface area contributed by atoms with Gasteiger partial charge in [-0.15, -0.1) is 11.6 Å². The SMILES string of the molecule is C[C@@H]1C(=O)[C@]23C[C@H](C[C@@H]2[C@H]1c1ccccc1)C(C)(C)[C@@H]3Cl. The van der Waals surface area contributed by atoms with Gasteiger partial charge in [0.05, 0.1) is 5.38 Å². The van der Waals surface area contributed by atoms with Gasteiger partial charge in [-0.25, -0.2) is 0 Å². The molecule has 2 heteroatoms. The van der Waals surface area contributed by atoms with Crippen molar-refractivity contribution < 1.29 is 4.79 Å². The van der Waals surface area contributed by atoms with Crippen LogP contribution in [0.1, 0.15) is 45.1 Å². The molecule has 0 amide bonds. The zero-order chi connectivity index (χ0) is 15.0. The quantitative estimate of drug-likeness (QED) is 0.690. The molecule has 3 fully saturated rings. The molecule has 21 heavy (non-hydrogen) atoms. The largest absolute Gasteiger partial charge is 0.299 e. The Labute approximate surface area is 132 Å². The van der Waals surface area contributed by atoms with Crippen molar-refractivity contribution in [3.05, 3.63) is 35.9 Å². The van der Waals surface area contributed by atoms with Crippen LogP contribution >= 0.6 is 11.6 Å². The maximum absolute atomic E-state index is 13.2. The summed E-state index contributed by atoms with van der Waals surface area (Å²) in [6.07, 6.45) is 2.19. The van der Waals surface area contributed by atoms with Crippen LogP contribution in [-0.2, 0) is 4.79 Å². The molecule has 0 aliphatic heterocycles. The second-order valence-electron chi connectivity index (χ2n) is 8.06. The van der Waals surface area contributed by atoms with E-state index < -0.39 is 0 Å². The highest BCUT2D eigenvalue weighted by Crippen LogP contribution is 2.74. The van der Waals surface area contributed by atoms with E-state index in [0.717, 1.165) is 6.42 Å². The fraction of sp³-hybridized carbons (Fsp3) is 0.632. The molecule has 0 N–H and O–H groups in total. The maximum Gasteiger partial charge on any atom is 0.144 e. The Morgan fingerprint density at radius 1 is 1.19 bits per heavy atom. The van der Waals surface area contributed by atoms with Crippen molar-refractivity contribution in [3.63, 3.8) is 0 Å². The lowest BCUT2D eigenvalue weighted by Gasteiger charge is -2.42. The second-order valence-corrected chi connectivity index (χ2v) is 8.49. The van der Waals surface area contributed by atoms with Gasteiger partial charge in [-0.2, -0.15) is 0 Å². The van der Waals surface area contributed by atoms with Crippen LogP contribution in [0.25, 0.3) is 0 Å². The minimum Gasteiger partial charge on any atom is -0.299 e. The van der Waals surface area contributed by atoms with Crippen molar-refractivity contribution in [2.24, 2.45) is 28.6 Å². The van der Waals surface area contributed by atoms with Gasteiger partial charge in [-0.3, -0.25) is 4.79 Å². The fourth-order valence-corrected chi connectivity index (χ4v) is 6.43. The van der Waals surface area contributed by atoms with E-state index in [1.54, 1.807) is 0 Å². The third kappa shape index (κ3) is 1.46. The molecule has 3 saturated carbocycles. The Morgan fingerprint density at radius 3 is 2.48 bits per heavy atom. The number of fused-ring (bicyclic) bond motifs is 1. The predicted molar refractivity (Wildman–Crippen MR) is 85.4 cm³/mol. The van der Waals surface area contributed by atoms with Crippen LogP contribution < -0.4 is 0 Å². The third-order valence-corrected chi connectivity index (χ3v) is 7.92. The van der Waals surface area contributed by atoms with Gasteiger partial charge in [0.1, 0.15) is 5.78 Å². The van der Waals surface area contributed by atoms with E-state index in [-0.39, 0.29) is 22.1 Å². The number of carbonyl (C=O) groups excluding carboxylic acids is 1. The number of Topliss-reactive ketones (excluding diaryl/α,β-unsaturated/α-hetero) is 1. The molecule has 1 spiro atoms. The standard InChI is InChI=1S/C19H23ClO/c1-11-15(12-7-5-4-6-8-12)14-9-13-10-19(14,16(11)21)17(20)18(13,2)3/h4-8,11,13-15,17H,9-10H2,1-3H3/t11-,13-,14+,15+,17-,19-/m0/s1. The first-order chi connectivity index (χ1) is 9.90. The Bertz CT molecular complexity index is 593. The minimum absolute atomic E-state index is 0.00240. The summed E-state index contributed by atoms with van der Waals surface area (Å²) in [6, 6.07) is 10.6. The first-order valence-corrected chi connectivity index (χ1v) is 8.57. The van der Waals surface area contributed by atoms with Gasteiger partial charge in [-0.1, -0.05) is 51.1 Å². The van der Waals surface area contributed by atoms with Crippen LogP contribution in [0.2, 0.25) is 0 Å². The van der Waals surface area contributed by atoms with E-state index in [4.69, 9.17) is 11.6 Å². The lowest BCUT2D eigenvalue weighted by atomic mass is 9.65. The zero-order valence-electron chi connectivity index (χ0n) is 13.0. The van der Waals surface area contributed by atoms with Crippen LogP contribution in [0.5, 0.6) is 0 Å². The van der Waals surface area contributed by atoms with E-state index in [2.05, 4.69) is 51.1 Å². The van der Waals surface area contributed by atoms with Gasteiger partial charge in [0, 0.05) is 11.3 Å². The average molecular weight is 303 g/mol. The Kier molecular flexibility index (Phi) is 2.72. The monoisotopic (exact) mass is 302 g/mol. The molecule has 0 saturated heterocycles. The van der Waals surface area contributed by atoms with E-state index in [9.17, 15) is 4.79 Å². The molecule has 0 unspecified atom stereocenters. The first-order valence-electron chi connectivity index (χ1n) is 8.14. The highest BCUT2D eigenvalue weighted by Gasteiger charge is 2.74. The number of rotatable bonds is 1. The van der Waals surface area contributed by atoms with Crippen LogP contribution in [0.15, 0.2) is 30.3 Å². The molecule has 0 aromatic heterocycles. The number of benzene rings is 1. The number of ketones is 1. The van der Waals surface area contributed by atoms with Crippen LogP contribution in [-0.4, -0.2) is 11.2 Å². The van der Waals surface area contributed by atoms with Crippen molar-refractivity contribution in [1.82, 2.24) is 0 Å². The van der Waals surface area contributed by atoms with Crippen molar-refractivity contribution in [1.29, 1.82) is 0 Å². The molecular weight excluding hydrogens is 280 g/mol. The van der Waals surface area contributed by atoms with Crippen LogP contribution in [0.3, 0.4) is 0 Å². The highest BCUT2D eigenvalue weighted by atomic mass is 35.5. The van der Waals surface area contributed by atoms with Gasteiger partial charge < -0.3 is 0 Å². The van der Waals surface area contributed by atoms with Crippen molar-refractivity contribution in [2.75, 3.05) is 0 Å². The molecular formula is C19H23ClO. The number of hydrogen-bond donors (Lipinski definition) is 0. The predicted octanol–water partition coefficient (Wildman–Crippen LogP) is 4.65. The summed E-state index contributed by atoms with van der Waals surface area (Å²) in [7, 11) is 0. The molecule has 112 valence electrons. The molecule has 4 rings (SSSR count). The lowest BCUT2D eigenvalue weighted by molar-refractivity contribution is -0.129. The third-order valence-electron chi connectivity index (χ3n) is 6.97. The van der Waals surface area contributed by atoms with E-state index >= 15 is 0 Å². The topological polar surface area (TPSA) is 17.1 Å². The summed E-state index contributed by atoms with van der Waals surface area (Å²) >= 11 is 6.88. The van der Waals surface area contributed by atoms with E-state index in [0.29, 0.717) is 23.5 Å². The highest BCUT2D eigenvalue weighted by molar-refractivity contribution is 6.24. The molecule has 1 aromatic rings. The fourth-order valence-electron chi connectivity index (χ4n) is 5.90. The minimum atomic E-state index is -0.254. The van der Waals surface area contributed by atoms with Crippen molar-refractivity contribution >= 4 is 17.4 Å². The molecule has 2 bridgehead atoms. The lowest BCUT2D eigenvalue weighted by Crippen LogP contribution is -2.45. The molecule has 1 nitrogen and oxygen atoms in total. The summed E-state index contributed by atoms with van der Waals surface area (Å²) in [5.41, 5.74) is 1.17. The molecule has 6 atom stereocenters. The Hall–Kier alpha value is -0.820. The van der Waals surface area contributed by atoms with E-state index in [1.807, 2.05) is 0 Å². The first kappa shape index (κ1) is 13.8.